The zero-order valence-corrected chi connectivity index (χ0v) is 8.07. The van der Waals surface area contributed by atoms with Gasteiger partial charge in [-0.05, 0) is 25.0 Å². The van der Waals surface area contributed by atoms with E-state index in [9.17, 15) is 13.2 Å². The minimum Gasteiger partial charge on any atom is -0.166 e. The van der Waals surface area contributed by atoms with Gasteiger partial charge >= 0.3 is 6.18 Å². The van der Waals surface area contributed by atoms with Crippen molar-refractivity contribution in [2.24, 2.45) is 0 Å². The van der Waals surface area contributed by atoms with E-state index in [-0.39, 0.29) is 5.56 Å². The van der Waals surface area contributed by atoms with Gasteiger partial charge in [0.05, 0.1) is 5.57 Å². The standard InChI is InChI=1S/C11H11F3/c1-7-4-5-10(8(2)6-7)9(3)11(12,13)14/h4-6H,3H2,1-2H3. The summed E-state index contributed by atoms with van der Waals surface area (Å²) in [4.78, 5) is 0. The summed E-state index contributed by atoms with van der Waals surface area (Å²) in [7, 11) is 0. The molecule has 0 aliphatic carbocycles. The molecule has 0 amide bonds. The Kier molecular flexibility index (Phi) is 2.69. The van der Waals surface area contributed by atoms with Crippen molar-refractivity contribution in [3.8, 4) is 0 Å². The van der Waals surface area contributed by atoms with Crippen molar-refractivity contribution in [3.63, 3.8) is 0 Å². The van der Waals surface area contributed by atoms with Gasteiger partial charge in [-0.2, -0.15) is 13.2 Å². The molecular weight excluding hydrogens is 189 g/mol. The van der Waals surface area contributed by atoms with Crippen molar-refractivity contribution in [3.05, 3.63) is 41.5 Å². The van der Waals surface area contributed by atoms with Crippen LogP contribution in [-0.2, 0) is 0 Å². The Bertz CT molecular complexity index is 361. The molecule has 1 rings (SSSR count). The lowest BCUT2D eigenvalue weighted by molar-refractivity contribution is -0.0687. The molecule has 0 aromatic heterocycles. The molecule has 0 aliphatic heterocycles. The number of alkyl halides is 3. The van der Waals surface area contributed by atoms with Gasteiger partial charge in [0.1, 0.15) is 0 Å². The minimum absolute atomic E-state index is 0.170. The van der Waals surface area contributed by atoms with E-state index in [4.69, 9.17) is 0 Å². The molecule has 0 spiro atoms. The van der Waals surface area contributed by atoms with Gasteiger partial charge < -0.3 is 0 Å². The number of benzene rings is 1. The first-order valence-corrected chi connectivity index (χ1v) is 4.16. The molecular formula is C11H11F3. The zero-order valence-electron chi connectivity index (χ0n) is 8.07. The number of aryl methyl sites for hydroxylation is 2. The summed E-state index contributed by atoms with van der Waals surface area (Å²) in [5.41, 5.74) is 0.937. The molecule has 0 heterocycles. The summed E-state index contributed by atoms with van der Waals surface area (Å²) >= 11 is 0. The Hall–Kier alpha value is -1.25. The van der Waals surface area contributed by atoms with E-state index in [2.05, 4.69) is 6.58 Å². The number of halogens is 3. The molecule has 0 saturated carbocycles. The van der Waals surface area contributed by atoms with Crippen molar-refractivity contribution in [2.75, 3.05) is 0 Å². The van der Waals surface area contributed by atoms with Gasteiger partial charge in [0.15, 0.2) is 0 Å². The van der Waals surface area contributed by atoms with Crippen LogP contribution in [0.25, 0.3) is 5.57 Å². The molecule has 0 radical (unpaired) electrons. The van der Waals surface area contributed by atoms with Crippen LogP contribution in [0.15, 0.2) is 24.8 Å². The topological polar surface area (TPSA) is 0 Å². The highest BCUT2D eigenvalue weighted by molar-refractivity contribution is 5.70. The maximum atomic E-state index is 12.3. The van der Waals surface area contributed by atoms with Gasteiger partial charge in [0, 0.05) is 0 Å². The molecule has 0 atom stereocenters. The van der Waals surface area contributed by atoms with Crippen molar-refractivity contribution in [2.45, 2.75) is 20.0 Å². The summed E-state index contributed by atoms with van der Waals surface area (Å²) < 4.78 is 36.9. The first-order chi connectivity index (χ1) is 6.32. The lowest BCUT2D eigenvalue weighted by Crippen LogP contribution is -2.10. The second kappa shape index (κ2) is 3.48. The Labute approximate surface area is 81.1 Å². The smallest absolute Gasteiger partial charge is 0.166 e. The number of hydrogen-bond donors (Lipinski definition) is 0. The number of hydrogen-bond acceptors (Lipinski definition) is 0. The quantitative estimate of drug-likeness (QED) is 0.645. The van der Waals surface area contributed by atoms with Gasteiger partial charge in [-0.3, -0.25) is 0 Å². The van der Waals surface area contributed by atoms with E-state index >= 15 is 0 Å². The number of allylic oxidation sites excluding steroid dienone is 1. The summed E-state index contributed by atoms with van der Waals surface area (Å²) in [5.74, 6) is 0. The Morgan fingerprint density at radius 1 is 1.21 bits per heavy atom. The molecule has 0 unspecified atom stereocenters. The number of rotatable bonds is 1. The van der Waals surface area contributed by atoms with Crippen LogP contribution in [0.4, 0.5) is 13.2 Å². The molecule has 14 heavy (non-hydrogen) atoms. The monoisotopic (exact) mass is 200 g/mol. The largest absolute Gasteiger partial charge is 0.416 e. The lowest BCUT2D eigenvalue weighted by Gasteiger charge is -2.12. The van der Waals surface area contributed by atoms with Gasteiger partial charge in [-0.15, -0.1) is 0 Å². The highest BCUT2D eigenvalue weighted by atomic mass is 19.4. The fourth-order valence-electron chi connectivity index (χ4n) is 1.30. The van der Waals surface area contributed by atoms with Crippen LogP contribution in [0.3, 0.4) is 0 Å². The molecule has 0 saturated heterocycles. The maximum Gasteiger partial charge on any atom is 0.416 e. The van der Waals surface area contributed by atoms with Crippen molar-refractivity contribution in [1.82, 2.24) is 0 Å². The van der Waals surface area contributed by atoms with Gasteiger partial charge in [0.25, 0.3) is 0 Å². The summed E-state index contributed by atoms with van der Waals surface area (Å²) in [6.07, 6.45) is -4.35. The molecule has 1 aromatic rings. The summed E-state index contributed by atoms with van der Waals surface area (Å²) in [6, 6.07) is 4.83. The highest BCUT2D eigenvalue weighted by Gasteiger charge is 2.33. The Morgan fingerprint density at radius 2 is 1.79 bits per heavy atom. The van der Waals surface area contributed by atoms with Gasteiger partial charge in [-0.1, -0.05) is 30.3 Å². The predicted octanol–water partition coefficient (Wildman–Crippen LogP) is 3.88. The third kappa shape index (κ3) is 2.16. The lowest BCUT2D eigenvalue weighted by atomic mass is 9.99. The van der Waals surface area contributed by atoms with E-state index in [1.54, 1.807) is 19.1 Å². The third-order valence-corrected chi connectivity index (χ3v) is 2.05. The van der Waals surface area contributed by atoms with E-state index in [1.807, 2.05) is 6.92 Å². The first kappa shape index (κ1) is 10.8. The van der Waals surface area contributed by atoms with Gasteiger partial charge in [0.2, 0.25) is 0 Å². The normalized spacial score (nSPS) is 11.5. The highest BCUT2D eigenvalue weighted by Crippen LogP contribution is 2.33. The predicted molar refractivity (Wildman–Crippen MR) is 51.0 cm³/mol. The van der Waals surface area contributed by atoms with E-state index in [0.717, 1.165) is 5.56 Å². The minimum atomic E-state index is -4.35. The van der Waals surface area contributed by atoms with Crippen LogP contribution in [0.5, 0.6) is 0 Å². The van der Waals surface area contributed by atoms with E-state index in [1.165, 1.54) is 6.07 Å². The van der Waals surface area contributed by atoms with Crippen LogP contribution >= 0.6 is 0 Å². The van der Waals surface area contributed by atoms with Crippen molar-refractivity contribution < 1.29 is 13.2 Å². The molecule has 0 nitrogen and oxygen atoms in total. The van der Waals surface area contributed by atoms with Crippen LogP contribution in [0.2, 0.25) is 0 Å². The molecule has 0 aliphatic rings. The van der Waals surface area contributed by atoms with Crippen LogP contribution in [-0.4, -0.2) is 6.18 Å². The van der Waals surface area contributed by atoms with E-state index in [0.29, 0.717) is 5.56 Å². The van der Waals surface area contributed by atoms with E-state index < -0.39 is 11.7 Å². The molecule has 3 heteroatoms. The summed E-state index contributed by atoms with van der Waals surface area (Å²) in [6.45, 7) is 6.55. The molecule has 0 bridgehead atoms. The SMILES string of the molecule is C=C(c1ccc(C)cc1C)C(F)(F)F. The Balaban J connectivity index is 3.15. The summed E-state index contributed by atoms with van der Waals surface area (Å²) in [5, 5.41) is 0. The Morgan fingerprint density at radius 3 is 2.21 bits per heavy atom. The van der Waals surface area contributed by atoms with Crippen LogP contribution in [0, 0.1) is 13.8 Å². The van der Waals surface area contributed by atoms with Crippen molar-refractivity contribution >= 4 is 5.57 Å². The maximum absolute atomic E-state index is 12.3. The first-order valence-electron chi connectivity index (χ1n) is 4.16. The third-order valence-electron chi connectivity index (χ3n) is 2.05. The molecule has 0 N–H and O–H groups in total. The molecule has 1 aromatic carbocycles. The fourth-order valence-corrected chi connectivity index (χ4v) is 1.30. The zero-order chi connectivity index (χ0) is 10.9. The second-order valence-corrected chi connectivity index (χ2v) is 3.29. The van der Waals surface area contributed by atoms with Crippen LogP contribution in [0.1, 0.15) is 16.7 Å². The average Bonchev–Trinajstić information content (AvgIpc) is 2.01. The average molecular weight is 200 g/mol. The van der Waals surface area contributed by atoms with Crippen molar-refractivity contribution in [1.29, 1.82) is 0 Å². The molecule has 76 valence electrons. The van der Waals surface area contributed by atoms with Gasteiger partial charge in [-0.25, -0.2) is 0 Å². The fraction of sp³-hybridized carbons (Fsp3) is 0.273. The molecule has 0 fully saturated rings. The second-order valence-electron chi connectivity index (χ2n) is 3.29. The van der Waals surface area contributed by atoms with Crippen LogP contribution < -0.4 is 0 Å².